The number of esters is 8. The minimum absolute atomic E-state index is 0.0424. The molecule has 28 nitrogen and oxygen atoms in total. The highest BCUT2D eigenvalue weighted by Gasteiger charge is 2.72. The first-order valence-electron chi connectivity index (χ1n) is 54.1. The van der Waals surface area contributed by atoms with E-state index in [2.05, 4.69) is 76.2 Å². The second-order valence-electron chi connectivity index (χ2n) is 52.2. The van der Waals surface area contributed by atoms with Crippen LogP contribution < -0.4 is 0 Å². The van der Waals surface area contributed by atoms with Crippen molar-refractivity contribution in [3.8, 4) is 0 Å². The van der Waals surface area contributed by atoms with Crippen LogP contribution in [0, 0.1) is 104 Å². The van der Waals surface area contributed by atoms with Gasteiger partial charge in [0.05, 0.1) is 84.7 Å². The zero-order chi connectivity index (χ0) is 104. The molecule has 20 fully saturated rings. The lowest BCUT2D eigenvalue weighted by Gasteiger charge is -2.65. The van der Waals surface area contributed by atoms with Crippen LogP contribution >= 0.6 is 0 Å². The molecule has 0 aromatic rings. The fourth-order valence-electron chi connectivity index (χ4n) is 27.0. The summed E-state index contributed by atoms with van der Waals surface area (Å²) in [7, 11) is 8.55. The maximum absolute atomic E-state index is 13.2. The Morgan fingerprint density at radius 1 is 0.329 bits per heavy atom. The number of aliphatic hydroxyl groups is 1. The van der Waals surface area contributed by atoms with Crippen molar-refractivity contribution in [3.63, 3.8) is 0 Å². The number of hydrogen-bond donors (Lipinski definition) is 1. The number of hydrogen-bond acceptors (Lipinski definition) is 28. The van der Waals surface area contributed by atoms with Gasteiger partial charge in [0.1, 0.15) is 28.5 Å². The number of fused-ring (bicyclic) bond motifs is 1. The van der Waals surface area contributed by atoms with Gasteiger partial charge in [0.2, 0.25) is 6.10 Å². The van der Waals surface area contributed by atoms with Crippen LogP contribution in [0.3, 0.4) is 0 Å². The van der Waals surface area contributed by atoms with E-state index in [1.165, 1.54) is 12.8 Å². The van der Waals surface area contributed by atoms with Crippen molar-refractivity contribution in [1.29, 1.82) is 0 Å². The molecule has 4 heterocycles. The van der Waals surface area contributed by atoms with Gasteiger partial charge in [0.15, 0.2) is 43.7 Å². The number of methoxy groups -OCH3 is 5. The Bertz CT molecular complexity index is 4020. The average Bonchev–Trinajstić information content (AvgIpc) is 0.921. The van der Waals surface area contributed by atoms with Crippen LogP contribution in [0.5, 0.6) is 0 Å². The molecule has 16 saturated carbocycles. The lowest BCUT2D eigenvalue weighted by Crippen LogP contribution is -2.69. The van der Waals surface area contributed by atoms with Gasteiger partial charge in [-0.1, -0.05) is 111 Å². The molecule has 19 unspecified atom stereocenters. The minimum Gasteiger partial charge on any atom is -0.463 e. The molecular weight excluding hydrogens is 1790 g/mol. The fourth-order valence-corrected chi connectivity index (χ4v) is 27.0. The number of ether oxygens (including phenoxy) is 19. The summed E-state index contributed by atoms with van der Waals surface area (Å²) in [6.45, 7) is 56.6. The topological polar surface area (TPSA) is 332 Å². The first-order chi connectivity index (χ1) is 64.9. The van der Waals surface area contributed by atoms with Gasteiger partial charge in [-0.15, -0.1) is 0 Å². The molecule has 1 N–H and O–H groups in total. The van der Waals surface area contributed by atoms with Crippen molar-refractivity contribution < 1.29 is 133 Å². The van der Waals surface area contributed by atoms with Crippen molar-refractivity contribution in [3.05, 3.63) is 0 Å². The highest BCUT2D eigenvalue weighted by atomic mass is 16.7. The molecule has 140 heavy (non-hydrogen) atoms. The summed E-state index contributed by atoms with van der Waals surface area (Å²) in [5.41, 5.74) is -7.09. The van der Waals surface area contributed by atoms with Crippen molar-refractivity contribution in [1.82, 2.24) is 0 Å². The molecule has 28 heteroatoms. The van der Waals surface area contributed by atoms with Gasteiger partial charge in [-0.05, 0) is 266 Å². The van der Waals surface area contributed by atoms with E-state index < -0.39 is 96.0 Å². The predicted molar refractivity (Wildman–Crippen MR) is 526 cm³/mol. The molecule has 18 bridgehead atoms. The highest BCUT2D eigenvalue weighted by Crippen LogP contribution is 2.68. The molecule has 20 aliphatic rings. The maximum Gasteiger partial charge on any atom is 0.347 e. The Labute approximate surface area is 839 Å². The third-order valence-corrected chi connectivity index (χ3v) is 35.5. The fraction of sp³-hybridized carbons (Fsp3) is 0.929. The van der Waals surface area contributed by atoms with Gasteiger partial charge in [0.25, 0.3) is 0 Å². The van der Waals surface area contributed by atoms with Gasteiger partial charge in [-0.3, -0.25) is 33.6 Å². The molecule has 19 atom stereocenters. The molecule has 804 valence electrons. The molecule has 4 saturated heterocycles. The first kappa shape index (κ1) is 116. The van der Waals surface area contributed by atoms with Gasteiger partial charge in [-0.2, -0.15) is 0 Å². The zero-order valence-electron chi connectivity index (χ0n) is 92.5. The summed E-state index contributed by atoms with van der Waals surface area (Å²) < 4.78 is 113. The van der Waals surface area contributed by atoms with Crippen molar-refractivity contribution in [2.45, 2.75) is 517 Å². The number of cyclic esters (lactones) is 1. The summed E-state index contributed by atoms with van der Waals surface area (Å²) >= 11 is 0. The third kappa shape index (κ3) is 25.9. The SMILES string of the molecule is CCC(C)(C)C(=O)OC12CC3CC(C1)CC(OC(OC)C(C)C)(C3)C2.CCC(C)(C)C(=O)OC12CC3CC(CC(O)(C3)C1)C2.CCC(C)(C)C(=O)OC12CC3CC(OC(OC)C(C)C)(C1)CC(OC(OC)C(C)C)(C3)C2.CCC(C)(C)C(=O)OC12CC3CC(OC(OC)C(C)C)(C1)CC(OC(OC)C(C)C)(C3)C2.CCC(C)(C)C(=O)OC1C2CC3C(=O)OC1C3O2.CCC(C)(C)C(=O)OC1CCOC1=O. The van der Waals surface area contributed by atoms with Crippen LogP contribution in [0.15, 0.2) is 0 Å². The van der Waals surface area contributed by atoms with E-state index in [1.54, 1.807) is 49.4 Å². The van der Waals surface area contributed by atoms with E-state index in [4.69, 9.17) is 90.0 Å². The van der Waals surface area contributed by atoms with Crippen molar-refractivity contribution in [2.24, 2.45) is 104 Å². The van der Waals surface area contributed by atoms with E-state index in [-0.39, 0.29) is 132 Å². The van der Waals surface area contributed by atoms with E-state index >= 15 is 0 Å². The van der Waals surface area contributed by atoms with Gasteiger partial charge in [-0.25, -0.2) is 4.79 Å². The molecule has 20 rings (SSSR count). The van der Waals surface area contributed by atoms with Crippen LogP contribution in [0.2, 0.25) is 0 Å². The van der Waals surface area contributed by atoms with Gasteiger partial charge >= 0.3 is 47.8 Å². The summed E-state index contributed by atoms with van der Waals surface area (Å²) in [6, 6.07) is 0. The Kier molecular flexibility index (Phi) is 36.2. The predicted octanol–water partition coefficient (Wildman–Crippen LogP) is 21.0. The zero-order valence-corrected chi connectivity index (χ0v) is 92.5. The lowest BCUT2D eigenvalue weighted by molar-refractivity contribution is -0.344. The van der Waals surface area contributed by atoms with Gasteiger partial charge in [0, 0.05) is 123 Å². The molecule has 0 aromatic carbocycles. The summed E-state index contributed by atoms with van der Waals surface area (Å²) in [5, 5.41) is 10.6. The van der Waals surface area contributed by atoms with Crippen LogP contribution in [0.1, 0.15) is 399 Å². The van der Waals surface area contributed by atoms with Crippen LogP contribution in [-0.4, -0.2) is 213 Å². The van der Waals surface area contributed by atoms with E-state index in [0.29, 0.717) is 106 Å². The molecular formula is C112H188O28. The smallest absolute Gasteiger partial charge is 0.347 e. The number of carbonyl (C=O) groups excluding carboxylic acids is 8. The Morgan fingerprint density at radius 3 is 0.893 bits per heavy atom. The third-order valence-electron chi connectivity index (χ3n) is 35.5. The normalized spacial score (nSPS) is 36.8. The quantitative estimate of drug-likeness (QED) is 0.0341. The average molecular weight is 1980 g/mol. The lowest BCUT2D eigenvalue weighted by atomic mass is 9.50. The largest absolute Gasteiger partial charge is 0.463 e. The monoisotopic (exact) mass is 1980 g/mol. The highest BCUT2D eigenvalue weighted by molar-refractivity contribution is 5.83. The minimum atomic E-state index is -0.687. The molecule has 0 aromatic heterocycles. The summed E-state index contributed by atoms with van der Waals surface area (Å²) in [6.07, 6.45) is 24.3. The molecule has 0 amide bonds. The van der Waals surface area contributed by atoms with Gasteiger partial charge < -0.3 is 95.1 Å². The van der Waals surface area contributed by atoms with Crippen molar-refractivity contribution in [2.75, 3.05) is 42.2 Å². The second kappa shape index (κ2) is 43.8. The maximum atomic E-state index is 13.2. The summed E-state index contributed by atoms with van der Waals surface area (Å²) in [4.78, 5) is 97.8. The Hall–Kier alpha value is -4.72. The molecule has 4 aliphatic heterocycles. The Balaban J connectivity index is 0.000000164. The second-order valence-corrected chi connectivity index (χ2v) is 52.2. The number of carbonyl (C=O) groups is 8. The molecule has 16 aliphatic carbocycles. The molecule has 0 spiro atoms. The van der Waals surface area contributed by atoms with Crippen LogP contribution in [-0.2, 0) is 128 Å². The molecule has 0 radical (unpaired) electrons. The van der Waals surface area contributed by atoms with E-state index in [1.807, 2.05) is 104 Å². The van der Waals surface area contributed by atoms with Crippen LogP contribution in [0.25, 0.3) is 0 Å². The van der Waals surface area contributed by atoms with E-state index in [0.717, 1.165) is 135 Å². The summed E-state index contributed by atoms with van der Waals surface area (Å²) in [5.74, 6) is 2.63. The van der Waals surface area contributed by atoms with Crippen molar-refractivity contribution >= 4 is 47.8 Å². The first-order valence-corrected chi connectivity index (χ1v) is 54.1. The Morgan fingerprint density at radius 2 is 0.593 bits per heavy atom. The standard InChI is InChI=1S/2C26H46O6.C21H36O4.C16H26O3.C13H18O5.C10H16O4/c2*1-10-23(6,7)22(27)32-26-13-19-11-24(15-26,30-20(28-8)17(2)3)14-25(12-19,16-26)31-21(29-9)18(4)5;1-7-19(4,5)18(22)25-21-11-15-8-16(12-21)10-20(9-15,13-21)24-17(23-6)14(2)3;1-4-14(2,3)13(17)19-16-8-11-5-12(9-16)7-15(18,6-11)10-16;1-4-13(2,3)12(15)18-9-7-5-6-8(16-7)10(9)17-11(6)14;1-4-10(2,3)9(12)14-7-5-6-13-8(7)11/h2*17-21H,10-16H2,1-9H3;14-17H,7-13H2,1-6H3;11-12,18H,4-10H2,1-3H3;6-10H,4-5H2,1-3H3;7H,4-6H2,1-3H3. The van der Waals surface area contributed by atoms with E-state index in [9.17, 15) is 43.5 Å². The number of rotatable bonds is 38. The van der Waals surface area contributed by atoms with Crippen LogP contribution in [0.4, 0.5) is 0 Å².